The molecule has 1 fully saturated rings. The van der Waals surface area contributed by atoms with E-state index in [1.807, 2.05) is 38.1 Å². The van der Waals surface area contributed by atoms with Crippen molar-refractivity contribution in [2.24, 2.45) is 5.92 Å². The average Bonchev–Trinajstić information content (AvgIpc) is 2.87. The fourth-order valence-corrected chi connectivity index (χ4v) is 3.16. The van der Waals surface area contributed by atoms with Crippen LogP contribution in [0.5, 0.6) is 0 Å². The number of carbonyl (C=O) groups is 3. The van der Waals surface area contributed by atoms with Crippen LogP contribution in [0.3, 0.4) is 0 Å². The summed E-state index contributed by atoms with van der Waals surface area (Å²) in [6.07, 6.45) is -0.0739. The summed E-state index contributed by atoms with van der Waals surface area (Å²) in [6.45, 7) is 4.37. The summed E-state index contributed by atoms with van der Waals surface area (Å²) in [5.41, 5.74) is 1.18. The predicted molar refractivity (Wildman–Crippen MR) is 104 cm³/mol. The number of amides is 4. The quantitative estimate of drug-likeness (QED) is 0.797. The Bertz CT molecular complexity index is 821. The van der Waals surface area contributed by atoms with Gasteiger partial charge in [-0.05, 0) is 30.2 Å². The third kappa shape index (κ3) is 4.16. The van der Waals surface area contributed by atoms with Gasteiger partial charge in [0.2, 0.25) is 5.91 Å². The number of carbonyl (C=O) groups excluding carboxylic acids is 3. The average molecular weight is 365 g/mol. The molecule has 2 aromatic rings. The second-order valence-electron chi connectivity index (χ2n) is 6.97. The van der Waals surface area contributed by atoms with Gasteiger partial charge in [0.1, 0.15) is 6.04 Å². The number of benzene rings is 2. The summed E-state index contributed by atoms with van der Waals surface area (Å²) >= 11 is 0. The first kappa shape index (κ1) is 18.6. The summed E-state index contributed by atoms with van der Waals surface area (Å²) < 4.78 is 0. The van der Waals surface area contributed by atoms with Gasteiger partial charge >= 0.3 is 6.03 Å². The van der Waals surface area contributed by atoms with Gasteiger partial charge in [-0.15, -0.1) is 0 Å². The SMILES string of the molecule is CC(C)CN1C(=O)N(c2ccccc2)C(=O)C1CC(=O)Nc1ccccc1. The highest BCUT2D eigenvalue weighted by atomic mass is 16.2. The zero-order chi connectivity index (χ0) is 19.4. The molecular formula is C21H23N3O3. The Kier molecular flexibility index (Phi) is 5.54. The molecule has 0 spiro atoms. The summed E-state index contributed by atoms with van der Waals surface area (Å²) in [5, 5.41) is 2.79. The molecule has 1 heterocycles. The van der Waals surface area contributed by atoms with Crippen molar-refractivity contribution in [3.63, 3.8) is 0 Å². The summed E-state index contributed by atoms with van der Waals surface area (Å²) in [5.74, 6) is -0.483. The lowest BCUT2D eigenvalue weighted by Crippen LogP contribution is -2.40. The molecule has 1 aliphatic rings. The van der Waals surface area contributed by atoms with Gasteiger partial charge in [0.05, 0.1) is 12.1 Å². The van der Waals surface area contributed by atoms with Gasteiger partial charge in [-0.2, -0.15) is 0 Å². The highest BCUT2D eigenvalue weighted by molar-refractivity contribution is 6.22. The Balaban J connectivity index is 1.81. The normalized spacial score (nSPS) is 16.9. The molecule has 1 unspecified atom stereocenters. The van der Waals surface area contributed by atoms with Gasteiger partial charge in [-0.25, -0.2) is 9.69 Å². The molecule has 0 aliphatic carbocycles. The van der Waals surface area contributed by atoms with Crippen LogP contribution >= 0.6 is 0 Å². The molecule has 3 rings (SSSR count). The Morgan fingerprint density at radius 1 is 1.00 bits per heavy atom. The van der Waals surface area contributed by atoms with Crippen LogP contribution in [0.25, 0.3) is 0 Å². The van der Waals surface area contributed by atoms with Crippen LogP contribution in [0.1, 0.15) is 20.3 Å². The zero-order valence-electron chi connectivity index (χ0n) is 15.5. The Labute approximate surface area is 158 Å². The summed E-state index contributed by atoms with van der Waals surface area (Å²) in [6, 6.07) is 16.7. The van der Waals surface area contributed by atoms with Crippen molar-refractivity contribution in [3.8, 4) is 0 Å². The molecule has 6 heteroatoms. The van der Waals surface area contributed by atoms with Gasteiger partial charge in [-0.3, -0.25) is 9.59 Å². The smallest absolute Gasteiger partial charge is 0.326 e. The molecule has 0 aromatic heterocycles. The van der Waals surface area contributed by atoms with Crippen molar-refractivity contribution in [2.45, 2.75) is 26.3 Å². The van der Waals surface area contributed by atoms with Gasteiger partial charge in [0.25, 0.3) is 5.91 Å². The number of hydrogen-bond donors (Lipinski definition) is 1. The second-order valence-corrected chi connectivity index (χ2v) is 6.97. The lowest BCUT2D eigenvalue weighted by Gasteiger charge is -2.23. The summed E-state index contributed by atoms with van der Waals surface area (Å²) in [4.78, 5) is 41.0. The van der Waals surface area contributed by atoms with Crippen molar-refractivity contribution in [1.29, 1.82) is 0 Å². The molecule has 140 valence electrons. The van der Waals surface area contributed by atoms with Crippen molar-refractivity contribution < 1.29 is 14.4 Å². The van der Waals surface area contributed by atoms with E-state index in [2.05, 4.69) is 5.32 Å². The molecule has 27 heavy (non-hydrogen) atoms. The van der Waals surface area contributed by atoms with Crippen molar-refractivity contribution in [3.05, 3.63) is 60.7 Å². The number of rotatable bonds is 6. The fourth-order valence-electron chi connectivity index (χ4n) is 3.16. The minimum Gasteiger partial charge on any atom is -0.326 e. The molecule has 1 atom stereocenters. The third-order valence-corrected chi connectivity index (χ3v) is 4.33. The number of imide groups is 1. The van der Waals surface area contributed by atoms with Crippen molar-refractivity contribution in [2.75, 3.05) is 16.8 Å². The molecular weight excluding hydrogens is 342 g/mol. The van der Waals surface area contributed by atoms with E-state index in [9.17, 15) is 14.4 Å². The molecule has 1 saturated heterocycles. The van der Waals surface area contributed by atoms with Crippen LogP contribution < -0.4 is 10.2 Å². The van der Waals surface area contributed by atoms with Crippen LogP contribution in [-0.4, -0.2) is 35.3 Å². The molecule has 0 saturated carbocycles. The van der Waals surface area contributed by atoms with Crippen LogP contribution in [-0.2, 0) is 9.59 Å². The molecule has 0 bridgehead atoms. The number of urea groups is 1. The number of anilines is 2. The van der Waals surface area contributed by atoms with Crippen LogP contribution in [0.4, 0.5) is 16.2 Å². The molecule has 4 amide bonds. The maximum absolute atomic E-state index is 13.0. The van der Waals surface area contributed by atoms with E-state index in [1.54, 1.807) is 36.4 Å². The number of para-hydroxylation sites is 2. The molecule has 6 nitrogen and oxygen atoms in total. The number of nitrogens with one attached hydrogen (secondary N) is 1. The molecule has 1 aliphatic heterocycles. The molecule has 2 aromatic carbocycles. The van der Waals surface area contributed by atoms with Gasteiger partial charge in [-0.1, -0.05) is 50.2 Å². The number of hydrogen-bond acceptors (Lipinski definition) is 3. The van der Waals surface area contributed by atoms with Crippen molar-refractivity contribution in [1.82, 2.24) is 4.90 Å². The van der Waals surface area contributed by atoms with Crippen LogP contribution in [0.15, 0.2) is 60.7 Å². The Morgan fingerprint density at radius 2 is 1.59 bits per heavy atom. The lowest BCUT2D eigenvalue weighted by molar-refractivity contribution is -0.124. The molecule has 0 radical (unpaired) electrons. The standard InChI is InChI=1S/C21H23N3O3/c1-15(2)14-23-18(13-19(25)22-16-9-5-3-6-10-16)20(26)24(21(23)27)17-11-7-4-8-12-17/h3-12,15,18H,13-14H2,1-2H3,(H,22,25). The van der Waals surface area contributed by atoms with E-state index < -0.39 is 6.04 Å². The first-order chi connectivity index (χ1) is 13.0. The zero-order valence-corrected chi connectivity index (χ0v) is 15.5. The maximum Gasteiger partial charge on any atom is 0.332 e. The first-order valence-corrected chi connectivity index (χ1v) is 9.02. The first-order valence-electron chi connectivity index (χ1n) is 9.02. The van der Waals surface area contributed by atoms with E-state index in [0.29, 0.717) is 17.9 Å². The predicted octanol–water partition coefficient (Wildman–Crippen LogP) is 3.51. The van der Waals surface area contributed by atoms with E-state index in [-0.39, 0.29) is 30.2 Å². The minimum atomic E-state index is -0.802. The Morgan fingerprint density at radius 3 is 2.19 bits per heavy atom. The topological polar surface area (TPSA) is 69.7 Å². The summed E-state index contributed by atoms with van der Waals surface area (Å²) in [7, 11) is 0. The van der Waals surface area contributed by atoms with Crippen LogP contribution in [0, 0.1) is 5.92 Å². The van der Waals surface area contributed by atoms with Gasteiger partial charge in [0.15, 0.2) is 0 Å². The Hall–Kier alpha value is -3.15. The van der Waals surface area contributed by atoms with E-state index in [1.165, 1.54) is 9.80 Å². The molecule has 1 N–H and O–H groups in total. The minimum absolute atomic E-state index is 0.0739. The highest BCUT2D eigenvalue weighted by Crippen LogP contribution is 2.27. The lowest BCUT2D eigenvalue weighted by atomic mass is 10.1. The van der Waals surface area contributed by atoms with E-state index in [4.69, 9.17) is 0 Å². The fraction of sp³-hybridized carbons (Fsp3) is 0.286. The van der Waals surface area contributed by atoms with Crippen LogP contribution in [0.2, 0.25) is 0 Å². The third-order valence-electron chi connectivity index (χ3n) is 4.33. The van der Waals surface area contributed by atoms with E-state index in [0.717, 1.165) is 0 Å². The van der Waals surface area contributed by atoms with Gasteiger partial charge in [0, 0.05) is 12.2 Å². The van der Waals surface area contributed by atoms with Crippen molar-refractivity contribution >= 4 is 29.2 Å². The van der Waals surface area contributed by atoms with Gasteiger partial charge < -0.3 is 10.2 Å². The maximum atomic E-state index is 13.0. The highest BCUT2D eigenvalue weighted by Gasteiger charge is 2.46. The largest absolute Gasteiger partial charge is 0.332 e. The monoisotopic (exact) mass is 365 g/mol. The number of nitrogens with zero attached hydrogens (tertiary/aromatic N) is 2. The second kappa shape index (κ2) is 8.03. The van der Waals surface area contributed by atoms with E-state index >= 15 is 0 Å².